The van der Waals surface area contributed by atoms with Gasteiger partial charge in [0.15, 0.2) is 0 Å². The number of nitrogens with zero attached hydrogens (tertiary/aromatic N) is 1. The first-order chi connectivity index (χ1) is 14.2. The molecule has 0 bridgehead atoms. The molecule has 6 N–H and O–H groups in total. The number of benzene rings is 1. The summed E-state index contributed by atoms with van der Waals surface area (Å²) in [6.07, 6.45) is 1.48. The van der Waals surface area contributed by atoms with Crippen LogP contribution in [0.5, 0.6) is 0 Å². The number of carbonyl (C=O) groups excluding carboxylic acids is 1. The Morgan fingerprint density at radius 2 is 2.10 bits per heavy atom. The van der Waals surface area contributed by atoms with Gasteiger partial charge >= 0.3 is 7.82 Å². The molecule has 0 radical (unpaired) electrons. The fraction of sp³-hybridized carbons (Fsp3) is 0.294. The molecule has 2 atom stereocenters. The van der Waals surface area contributed by atoms with E-state index in [0.29, 0.717) is 0 Å². The molecular weight excluding hydrogens is 533 g/mol. The topological polar surface area (TPSA) is 156 Å². The second-order valence-electron chi connectivity index (χ2n) is 5.92. The van der Waals surface area contributed by atoms with E-state index in [-0.39, 0.29) is 36.6 Å². The third-order valence-electron chi connectivity index (χ3n) is 3.57. The van der Waals surface area contributed by atoms with Crippen LogP contribution < -0.4 is 16.4 Å². The number of hydrogen-bond acceptors (Lipinski definition) is 8. The first-order valence-corrected chi connectivity index (χ1v) is 11.2. The van der Waals surface area contributed by atoms with E-state index in [4.69, 9.17) is 5.73 Å². The number of phosphoric ester groups is 1. The lowest BCUT2D eigenvalue weighted by atomic mass is 10.2. The minimum absolute atomic E-state index is 0.0287. The summed E-state index contributed by atoms with van der Waals surface area (Å²) < 4.78 is 35.5. The highest BCUT2D eigenvalue weighted by molar-refractivity contribution is 14.1. The Balaban J connectivity index is 1.95. The van der Waals surface area contributed by atoms with Crippen LogP contribution in [-0.2, 0) is 13.6 Å². The number of halogens is 2. The number of aromatic nitrogens is 1. The van der Waals surface area contributed by atoms with Crippen molar-refractivity contribution in [1.29, 1.82) is 0 Å². The fourth-order valence-corrected chi connectivity index (χ4v) is 3.40. The predicted molar refractivity (Wildman–Crippen MR) is 116 cm³/mol. The Bertz CT molecular complexity index is 922. The lowest BCUT2D eigenvalue weighted by Gasteiger charge is -2.16. The van der Waals surface area contributed by atoms with Gasteiger partial charge in [-0.1, -0.05) is 0 Å². The second kappa shape index (κ2) is 11.6. The number of pyridine rings is 1. The van der Waals surface area contributed by atoms with Crippen LogP contribution in [0, 0.1) is 9.39 Å². The first kappa shape index (κ1) is 24.6. The molecule has 1 aromatic carbocycles. The average molecular weight is 554 g/mol. The van der Waals surface area contributed by atoms with Gasteiger partial charge in [0.25, 0.3) is 5.91 Å². The molecule has 0 saturated carbocycles. The molecule has 0 saturated heterocycles. The van der Waals surface area contributed by atoms with Crippen LogP contribution in [0.4, 0.5) is 15.8 Å². The Kier molecular flexibility index (Phi) is 9.55. The summed E-state index contributed by atoms with van der Waals surface area (Å²) in [5, 5.41) is 15.2. The molecule has 0 aliphatic rings. The van der Waals surface area contributed by atoms with Crippen LogP contribution in [0.25, 0.3) is 0 Å². The van der Waals surface area contributed by atoms with Gasteiger partial charge in [0.1, 0.15) is 5.82 Å². The number of nitrogens with two attached hydrogens (primary N) is 1. The maximum Gasteiger partial charge on any atom is 0.472 e. The number of hydrogen-bond donors (Lipinski definition) is 5. The fourth-order valence-electron chi connectivity index (χ4n) is 2.18. The van der Waals surface area contributed by atoms with E-state index >= 15 is 0 Å². The van der Waals surface area contributed by atoms with Gasteiger partial charge in [-0.3, -0.25) is 18.8 Å². The van der Waals surface area contributed by atoms with Gasteiger partial charge in [-0.25, -0.2) is 8.96 Å². The van der Waals surface area contributed by atoms with E-state index in [1.807, 2.05) is 22.6 Å². The zero-order chi connectivity index (χ0) is 22.1. The highest BCUT2D eigenvalue weighted by atomic mass is 127. The summed E-state index contributed by atoms with van der Waals surface area (Å²) in [7, 11) is -4.33. The van der Waals surface area contributed by atoms with Crippen molar-refractivity contribution >= 4 is 47.7 Å². The molecular formula is C17H21FIN4O6P. The smallest absolute Gasteiger partial charge is 0.389 e. The molecule has 13 heteroatoms. The largest absolute Gasteiger partial charge is 0.472 e. The van der Waals surface area contributed by atoms with E-state index in [9.17, 15) is 23.7 Å². The number of amides is 1. The molecule has 0 spiro atoms. The second-order valence-corrected chi connectivity index (χ2v) is 8.62. The summed E-state index contributed by atoms with van der Waals surface area (Å²) in [6.45, 7) is -0.968. The minimum atomic E-state index is -4.33. The van der Waals surface area contributed by atoms with Gasteiger partial charge in [-0.15, -0.1) is 0 Å². The van der Waals surface area contributed by atoms with E-state index < -0.39 is 32.3 Å². The first-order valence-electron chi connectivity index (χ1n) is 8.66. The zero-order valence-electron chi connectivity index (χ0n) is 15.6. The van der Waals surface area contributed by atoms with Crippen LogP contribution in [-0.4, -0.2) is 53.3 Å². The van der Waals surface area contributed by atoms with Gasteiger partial charge < -0.3 is 26.4 Å². The van der Waals surface area contributed by atoms with Crippen LogP contribution >= 0.6 is 30.4 Å². The summed E-state index contributed by atoms with van der Waals surface area (Å²) in [5.41, 5.74) is 5.75. The van der Waals surface area contributed by atoms with Crippen molar-refractivity contribution < 1.29 is 32.8 Å². The van der Waals surface area contributed by atoms with Gasteiger partial charge in [0.05, 0.1) is 42.5 Å². The van der Waals surface area contributed by atoms with Crippen molar-refractivity contribution in [1.82, 2.24) is 10.3 Å². The molecule has 30 heavy (non-hydrogen) atoms. The zero-order valence-corrected chi connectivity index (χ0v) is 18.7. The molecule has 1 aromatic heterocycles. The van der Waals surface area contributed by atoms with Crippen LogP contribution in [0.2, 0.25) is 0 Å². The van der Waals surface area contributed by atoms with Gasteiger partial charge in [-0.05, 0) is 46.9 Å². The van der Waals surface area contributed by atoms with Crippen molar-refractivity contribution in [2.45, 2.75) is 6.10 Å². The molecule has 1 amide bonds. The number of nitrogens with one attached hydrogen (secondary N) is 2. The quantitative estimate of drug-likeness (QED) is 0.206. The van der Waals surface area contributed by atoms with Crippen molar-refractivity contribution in [3.63, 3.8) is 0 Å². The third-order valence-corrected chi connectivity index (χ3v) is 5.22. The molecule has 0 aliphatic carbocycles. The number of phosphoric acid groups is 1. The number of anilines is 2. The summed E-state index contributed by atoms with van der Waals surface area (Å²) in [6, 6.07) is 6.00. The lowest BCUT2D eigenvalue weighted by molar-refractivity contribution is 0.0694. The lowest BCUT2D eigenvalue weighted by Crippen LogP contribution is -2.34. The summed E-state index contributed by atoms with van der Waals surface area (Å²) in [5.74, 6) is -1.06. The molecule has 2 aromatic rings. The van der Waals surface area contributed by atoms with E-state index in [2.05, 4.69) is 24.7 Å². The van der Waals surface area contributed by atoms with Crippen molar-refractivity contribution in [2.24, 2.45) is 5.73 Å². The molecule has 10 nitrogen and oxygen atoms in total. The molecule has 2 rings (SSSR count). The highest BCUT2D eigenvalue weighted by Crippen LogP contribution is 2.42. The predicted octanol–water partition coefficient (Wildman–Crippen LogP) is 1.75. The third kappa shape index (κ3) is 7.87. The summed E-state index contributed by atoms with van der Waals surface area (Å²) >= 11 is 1.98. The molecule has 0 aliphatic heterocycles. The van der Waals surface area contributed by atoms with Crippen LogP contribution in [0.3, 0.4) is 0 Å². The number of aliphatic hydroxyl groups is 1. The van der Waals surface area contributed by atoms with Crippen LogP contribution in [0.15, 0.2) is 36.7 Å². The minimum Gasteiger partial charge on any atom is -0.389 e. The Hall–Kier alpha value is -1.67. The van der Waals surface area contributed by atoms with Crippen molar-refractivity contribution in [2.75, 3.05) is 31.6 Å². The number of rotatable bonds is 11. The molecule has 1 unspecified atom stereocenters. The van der Waals surface area contributed by atoms with E-state index in [1.165, 1.54) is 30.6 Å². The Morgan fingerprint density at radius 3 is 2.80 bits per heavy atom. The normalized spacial score (nSPS) is 14.0. The number of carbonyl (C=O) groups is 1. The average Bonchev–Trinajstić information content (AvgIpc) is 2.71. The Labute approximate surface area is 185 Å². The SMILES string of the molecule is NCCOP(=O)(O)OC[C@@H](O)CNC(=O)c1ccncc1Nc1ccc(I)cc1F. The van der Waals surface area contributed by atoms with Gasteiger partial charge in [0.2, 0.25) is 0 Å². The highest BCUT2D eigenvalue weighted by Gasteiger charge is 2.22. The number of aliphatic hydroxyl groups excluding tert-OH is 1. The van der Waals surface area contributed by atoms with Crippen molar-refractivity contribution in [3.05, 3.63) is 51.6 Å². The van der Waals surface area contributed by atoms with Crippen molar-refractivity contribution in [3.8, 4) is 0 Å². The van der Waals surface area contributed by atoms with Gasteiger partial charge in [-0.2, -0.15) is 0 Å². The molecule has 164 valence electrons. The van der Waals surface area contributed by atoms with E-state index in [1.54, 1.807) is 6.07 Å². The molecule has 1 heterocycles. The standard InChI is InChI=1S/C17H21FIN4O6P/c18-14-7-11(19)1-2-15(14)23-16-9-21-5-3-13(16)17(25)22-8-12(24)10-29-30(26,27)28-6-4-20/h1-3,5,7,9,12,23-24H,4,6,8,10,20H2,(H,22,25)(H,26,27)/t12-/m0/s1. The monoisotopic (exact) mass is 554 g/mol. The van der Waals surface area contributed by atoms with Crippen LogP contribution in [0.1, 0.15) is 10.4 Å². The summed E-state index contributed by atoms with van der Waals surface area (Å²) in [4.78, 5) is 25.8. The maximum atomic E-state index is 14.1. The van der Waals surface area contributed by atoms with Gasteiger partial charge in [0, 0.05) is 22.9 Å². The maximum absolute atomic E-state index is 14.1. The van der Waals surface area contributed by atoms with E-state index in [0.717, 1.165) is 3.57 Å². The Morgan fingerprint density at radius 1 is 1.33 bits per heavy atom. The molecule has 0 fully saturated rings.